The molecule has 0 aliphatic heterocycles. The molecular weight excluding hydrogens is 576 g/mol. The first-order chi connectivity index (χ1) is 23.1. The molecule has 6 nitrogen and oxygen atoms in total. The van der Waals surface area contributed by atoms with E-state index < -0.39 is 0 Å². The second-order valence-corrected chi connectivity index (χ2v) is 11.3. The third-order valence-electron chi connectivity index (χ3n) is 7.97. The predicted molar refractivity (Wildman–Crippen MR) is 191 cm³/mol. The smallest absolute Gasteiger partial charge is 0.136 e. The number of aromatic nitrogens is 6. The monoisotopic (exact) mass is 610 g/mol. The van der Waals surface area contributed by atoms with Crippen LogP contribution >= 0.6 is 0 Å². The number of benzene rings is 3. The maximum absolute atomic E-state index is 4.41. The van der Waals surface area contributed by atoms with Gasteiger partial charge in [0, 0.05) is 49.1 Å². The number of hydrogen-bond acceptors (Lipinski definition) is 3. The van der Waals surface area contributed by atoms with Crippen LogP contribution < -0.4 is 0 Å². The molecule has 0 fully saturated rings. The summed E-state index contributed by atoms with van der Waals surface area (Å²) in [6.45, 7) is 4.07. The van der Waals surface area contributed by atoms with Crippen LogP contribution in [0, 0.1) is 13.8 Å². The molecule has 6 heteroatoms. The molecule has 6 aromatic heterocycles. The molecule has 0 spiro atoms. The normalized spacial score (nSPS) is 10.8. The zero-order chi connectivity index (χ0) is 32.0. The average molecular weight is 611 g/mol. The summed E-state index contributed by atoms with van der Waals surface area (Å²) in [4.78, 5) is 12.9. The van der Waals surface area contributed by atoms with Crippen molar-refractivity contribution in [3.8, 4) is 33.4 Å². The van der Waals surface area contributed by atoms with Gasteiger partial charge in [-0.1, -0.05) is 91.0 Å². The van der Waals surface area contributed by atoms with Gasteiger partial charge >= 0.3 is 0 Å². The molecule has 0 bridgehead atoms. The van der Waals surface area contributed by atoms with E-state index in [1.165, 1.54) is 33.4 Å². The van der Waals surface area contributed by atoms with Crippen LogP contribution in [-0.4, -0.2) is 28.2 Å². The van der Waals surface area contributed by atoms with Crippen molar-refractivity contribution >= 4 is 16.9 Å². The Kier molecular flexibility index (Phi) is 8.38. The summed E-state index contributed by atoms with van der Waals surface area (Å²) in [7, 11) is 0. The molecule has 0 unspecified atom stereocenters. The van der Waals surface area contributed by atoms with Gasteiger partial charge < -0.3 is 13.2 Å². The van der Waals surface area contributed by atoms with E-state index in [1.54, 1.807) is 0 Å². The van der Waals surface area contributed by atoms with Crippen LogP contribution in [-0.2, 0) is 0 Å². The van der Waals surface area contributed by atoms with Crippen LogP contribution in [0.15, 0.2) is 171 Å². The predicted octanol–water partition coefficient (Wildman–Crippen LogP) is 9.62. The van der Waals surface area contributed by atoms with Gasteiger partial charge in [0.1, 0.15) is 16.9 Å². The molecule has 0 N–H and O–H groups in total. The molecule has 0 aliphatic carbocycles. The molecule has 9 aromatic rings. The highest BCUT2D eigenvalue weighted by molar-refractivity contribution is 5.66. The molecule has 47 heavy (non-hydrogen) atoms. The maximum atomic E-state index is 4.41. The second-order valence-electron chi connectivity index (χ2n) is 11.3. The van der Waals surface area contributed by atoms with Crippen LogP contribution in [0.3, 0.4) is 0 Å². The van der Waals surface area contributed by atoms with Crippen molar-refractivity contribution in [2.75, 3.05) is 0 Å². The summed E-state index contributed by atoms with van der Waals surface area (Å²) in [6, 6.07) is 43.5. The zero-order valence-corrected chi connectivity index (χ0v) is 26.3. The highest BCUT2D eigenvalue weighted by atomic mass is 15.0. The summed E-state index contributed by atoms with van der Waals surface area (Å²) >= 11 is 0. The van der Waals surface area contributed by atoms with Gasteiger partial charge in [-0.25, -0.2) is 15.0 Å². The van der Waals surface area contributed by atoms with Crippen molar-refractivity contribution in [3.05, 3.63) is 182 Å². The fourth-order valence-electron chi connectivity index (χ4n) is 5.55. The molecule has 228 valence electrons. The Morgan fingerprint density at radius 1 is 0.426 bits per heavy atom. The number of imidazole rings is 3. The van der Waals surface area contributed by atoms with Crippen LogP contribution in [0.2, 0.25) is 0 Å². The molecule has 0 radical (unpaired) electrons. The Bertz CT molecular complexity index is 2360. The maximum Gasteiger partial charge on any atom is 0.136 e. The molecule has 0 amide bonds. The van der Waals surface area contributed by atoms with E-state index in [0.717, 1.165) is 28.3 Å². The lowest BCUT2D eigenvalue weighted by Gasteiger charge is -2.03. The zero-order valence-electron chi connectivity index (χ0n) is 26.3. The lowest BCUT2D eigenvalue weighted by atomic mass is 10.1. The summed E-state index contributed by atoms with van der Waals surface area (Å²) in [6.07, 6.45) is 14.0. The number of fused-ring (bicyclic) bond motifs is 3. The van der Waals surface area contributed by atoms with Gasteiger partial charge in [-0.05, 0) is 83.6 Å². The Hall–Kier alpha value is -6.27. The quantitative estimate of drug-likeness (QED) is 0.200. The lowest BCUT2D eigenvalue weighted by molar-refractivity contribution is 1.11. The van der Waals surface area contributed by atoms with E-state index in [0.29, 0.717) is 0 Å². The molecule has 0 saturated heterocycles. The van der Waals surface area contributed by atoms with Gasteiger partial charge in [-0.15, -0.1) is 0 Å². The largest absolute Gasteiger partial charge is 0.306 e. The van der Waals surface area contributed by atoms with Crippen LogP contribution in [0.25, 0.3) is 50.3 Å². The van der Waals surface area contributed by atoms with Gasteiger partial charge in [-0.3, -0.25) is 0 Å². The summed E-state index contributed by atoms with van der Waals surface area (Å²) in [5.41, 5.74) is 12.5. The standard InChI is InChI=1S/2C14H12N2.C13H10N2/c1-11-9-16-10-13(7-8-14(16)15-11)12-5-3-2-4-6-12;1-11-9-15-14-8-7-13(10-16(11)14)12-5-3-2-4-6-12;1-2-4-11(5-3-1)12-6-7-13-14-8-9-15(13)10-12/h2*2-10H,1H3;1-10H. The third-order valence-corrected chi connectivity index (χ3v) is 7.97. The fraction of sp³-hybridized carbons (Fsp3) is 0.0488. The van der Waals surface area contributed by atoms with Gasteiger partial charge in [0.25, 0.3) is 0 Å². The number of aryl methyl sites for hydroxylation is 2. The summed E-state index contributed by atoms with van der Waals surface area (Å²) in [5.74, 6) is 0. The summed E-state index contributed by atoms with van der Waals surface area (Å²) < 4.78 is 6.21. The summed E-state index contributed by atoms with van der Waals surface area (Å²) in [5, 5.41) is 0. The number of pyridine rings is 3. The van der Waals surface area contributed by atoms with Crippen molar-refractivity contribution in [1.82, 2.24) is 28.2 Å². The van der Waals surface area contributed by atoms with Gasteiger partial charge in [0.05, 0.1) is 5.69 Å². The van der Waals surface area contributed by atoms with Crippen molar-refractivity contribution in [2.24, 2.45) is 0 Å². The van der Waals surface area contributed by atoms with E-state index in [4.69, 9.17) is 0 Å². The third kappa shape index (κ3) is 6.72. The highest BCUT2D eigenvalue weighted by Crippen LogP contribution is 2.22. The van der Waals surface area contributed by atoms with E-state index in [9.17, 15) is 0 Å². The van der Waals surface area contributed by atoms with Crippen molar-refractivity contribution in [2.45, 2.75) is 13.8 Å². The van der Waals surface area contributed by atoms with Crippen molar-refractivity contribution in [1.29, 1.82) is 0 Å². The Balaban J connectivity index is 0.000000112. The van der Waals surface area contributed by atoms with Gasteiger partial charge in [-0.2, -0.15) is 0 Å². The molecule has 6 heterocycles. The minimum Gasteiger partial charge on any atom is -0.306 e. The van der Waals surface area contributed by atoms with Crippen LogP contribution in [0.4, 0.5) is 0 Å². The van der Waals surface area contributed by atoms with E-state index in [2.05, 4.69) is 140 Å². The van der Waals surface area contributed by atoms with Crippen molar-refractivity contribution in [3.63, 3.8) is 0 Å². The van der Waals surface area contributed by atoms with Gasteiger partial charge in [0.2, 0.25) is 0 Å². The Morgan fingerprint density at radius 2 is 0.936 bits per heavy atom. The van der Waals surface area contributed by atoms with E-state index in [-0.39, 0.29) is 0 Å². The minimum atomic E-state index is 0.981. The number of hydrogen-bond donors (Lipinski definition) is 0. The first-order valence-electron chi connectivity index (χ1n) is 15.6. The van der Waals surface area contributed by atoms with E-state index >= 15 is 0 Å². The molecule has 9 rings (SSSR count). The molecule has 0 aliphatic rings. The highest BCUT2D eigenvalue weighted by Gasteiger charge is 2.03. The molecule has 0 atom stereocenters. The minimum absolute atomic E-state index is 0.981. The SMILES string of the molecule is Cc1cn2cc(-c3ccccc3)ccc2n1.Cc1cnc2ccc(-c3ccccc3)cn12.c1ccc(-c2ccc3nccn3c2)cc1. The van der Waals surface area contributed by atoms with E-state index in [1.807, 2.05) is 72.5 Å². The number of nitrogens with zero attached hydrogens (tertiary/aromatic N) is 6. The first kappa shape index (κ1) is 29.4. The number of rotatable bonds is 3. The second kappa shape index (κ2) is 13.4. The van der Waals surface area contributed by atoms with Gasteiger partial charge in [0.15, 0.2) is 0 Å². The Morgan fingerprint density at radius 3 is 1.53 bits per heavy atom. The lowest BCUT2D eigenvalue weighted by Crippen LogP contribution is -1.88. The Labute approximate surface area is 273 Å². The van der Waals surface area contributed by atoms with Crippen LogP contribution in [0.5, 0.6) is 0 Å². The molecule has 0 saturated carbocycles. The first-order valence-corrected chi connectivity index (χ1v) is 15.6. The molecule has 3 aromatic carbocycles. The molecular formula is C41H34N6. The topological polar surface area (TPSA) is 51.9 Å². The van der Waals surface area contributed by atoms with Crippen molar-refractivity contribution < 1.29 is 0 Å². The average Bonchev–Trinajstić information content (AvgIpc) is 3.87. The van der Waals surface area contributed by atoms with Crippen LogP contribution in [0.1, 0.15) is 11.4 Å². The fourth-order valence-corrected chi connectivity index (χ4v) is 5.55.